The summed E-state index contributed by atoms with van der Waals surface area (Å²) in [4.78, 5) is 53.0. The van der Waals surface area contributed by atoms with E-state index < -0.39 is 53.4 Å². The first-order chi connectivity index (χ1) is 19.5. The molecule has 2 atom stereocenters. The number of halogens is 3. The van der Waals surface area contributed by atoms with E-state index in [1.54, 1.807) is 0 Å². The summed E-state index contributed by atoms with van der Waals surface area (Å²) in [6, 6.07) is 5.81. The maximum atomic E-state index is 13.2. The first-order valence-electron chi connectivity index (χ1n) is 12.2. The number of nitrogens with zero attached hydrogens (tertiary/aromatic N) is 2. The topological polar surface area (TPSA) is 163 Å². The van der Waals surface area contributed by atoms with Gasteiger partial charge in [0.25, 0.3) is 17.7 Å². The molecule has 15 heteroatoms. The van der Waals surface area contributed by atoms with E-state index in [-0.39, 0.29) is 47.6 Å². The Hall–Kier alpha value is -4.92. The fourth-order valence-electron chi connectivity index (χ4n) is 4.65. The minimum atomic E-state index is -4.55. The molecule has 0 saturated carbocycles. The minimum Gasteiger partial charge on any atom is -0.497 e. The van der Waals surface area contributed by atoms with Crippen molar-refractivity contribution in [3.8, 4) is 5.75 Å². The first kappa shape index (κ1) is 27.6. The van der Waals surface area contributed by atoms with Crippen LogP contribution in [0.1, 0.15) is 55.2 Å². The lowest BCUT2D eigenvalue weighted by atomic mass is 10.0. The Morgan fingerprint density at radius 3 is 2.51 bits per heavy atom. The molecule has 2 aliphatic rings. The fraction of sp³-hybridized carbons (Fsp3) is 0.269. The highest BCUT2D eigenvalue weighted by Gasteiger charge is 2.40. The normalized spacial score (nSPS) is 18.5. The number of hydrogen-bond donors (Lipinski definition) is 4. The number of ether oxygens (including phenoxy) is 1. The zero-order chi connectivity index (χ0) is 29.5. The van der Waals surface area contributed by atoms with Crippen LogP contribution in [0, 0.1) is 0 Å². The van der Waals surface area contributed by atoms with Crippen molar-refractivity contribution >= 4 is 35.0 Å². The van der Waals surface area contributed by atoms with E-state index in [1.165, 1.54) is 24.1 Å². The minimum absolute atomic E-state index is 0.0281. The van der Waals surface area contributed by atoms with Gasteiger partial charge in [0, 0.05) is 23.9 Å². The summed E-state index contributed by atoms with van der Waals surface area (Å²) in [6.45, 7) is -0.0281. The van der Waals surface area contributed by atoms with Crippen LogP contribution in [0.15, 0.2) is 47.1 Å². The second-order valence-electron chi connectivity index (χ2n) is 9.30. The Labute approximate surface area is 229 Å². The van der Waals surface area contributed by atoms with Crippen LogP contribution in [0.5, 0.6) is 5.75 Å². The van der Waals surface area contributed by atoms with Gasteiger partial charge >= 0.3 is 6.18 Å². The Morgan fingerprint density at radius 2 is 1.85 bits per heavy atom. The summed E-state index contributed by atoms with van der Waals surface area (Å²) in [7, 11) is 1.36. The molecule has 0 aliphatic carbocycles. The molecule has 214 valence electrons. The smallest absolute Gasteiger partial charge is 0.416 e. The van der Waals surface area contributed by atoms with Crippen molar-refractivity contribution in [3.63, 3.8) is 0 Å². The second kappa shape index (κ2) is 10.6. The number of alkyl halides is 3. The molecular formula is C26H22F3N5O7. The first-order valence-corrected chi connectivity index (χ1v) is 12.2. The largest absolute Gasteiger partial charge is 0.497 e. The number of carbonyl (C=O) groups excluding carboxylic acids is 4. The van der Waals surface area contributed by atoms with E-state index in [1.807, 2.05) is 0 Å². The number of amides is 4. The van der Waals surface area contributed by atoms with Crippen molar-refractivity contribution < 1.29 is 46.7 Å². The molecule has 0 radical (unpaired) electrons. The van der Waals surface area contributed by atoms with E-state index in [9.17, 15) is 37.5 Å². The number of aliphatic hydroxyl groups excluding tert-OH is 1. The SMILES string of the molecule is COc1cc(NC(=O)c2oncc2C(=O)Nc2ccc(C(F)(F)F)cc2)c2c(c1)C(=O)N(C1CCC(O)NC1=O)C2. The van der Waals surface area contributed by atoms with Crippen LogP contribution in [0.2, 0.25) is 0 Å². The summed E-state index contributed by atoms with van der Waals surface area (Å²) in [5.41, 5.74) is -0.419. The molecule has 1 fully saturated rings. The molecule has 5 rings (SSSR count). The van der Waals surface area contributed by atoms with Gasteiger partial charge in [-0.15, -0.1) is 0 Å². The highest BCUT2D eigenvalue weighted by Crippen LogP contribution is 2.36. The van der Waals surface area contributed by atoms with Gasteiger partial charge in [-0.25, -0.2) is 0 Å². The van der Waals surface area contributed by atoms with Gasteiger partial charge in [-0.1, -0.05) is 5.16 Å². The van der Waals surface area contributed by atoms with Gasteiger partial charge in [-0.3, -0.25) is 19.2 Å². The molecule has 1 saturated heterocycles. The number of aromatic nitrogens is 1. The lowest BCUT2D eigenvalue weighted by molar-refractivity contribution is -0.137. The molecule has 2 aromatic carbocycles. The van der Waals surface area contributed by atoms with E-state index in [2.05, 4.69) is 21.1 Å². The monoisotopic (exact) mass is 573 g/mol. The maximum absolute atomic E-state index is 13.2. The molecule has 4 N–H and O–H groups in total. The predicted molar refractivity (Wildman–Crippen MR) is 134 cm³/mol. The maximum Gasteiger partial charge on any atom is 0.416 e. The van der Waals surface area contributed by atoms with Crippen molar-refractivity contribution in [2.75, 3.05) is 17.7 Å². The van der Waals surface area contributed by atoms with E-state index in [0.29, 0.717) is 5.56 Å². The summed E-state index contributed by atoms with van der Waals surface area (Å²) in [5.74, 6) is -3.00. The van der Waals surface area contributed by atoms with Gasteiger partial charge in [0.2, 0.25) is 11.7 Å². The lowest BCUT2D eigenvalue weighted by Crippen LogP contribution is -2.54. The number of fused-ring (bicyclic) bond motifs is 1. The number of aliphatic hydroxyl groups is 1. The van der Waals surface area contributed by atoms with Gasteiger partial charge in [0.05, 0.1) is 30.1 Å². The van der Waals surface area contributed by atoms with E-state index in [4.69, 9.17) is 9.26 Å². The molecule has 12 nitrogen and oxygen atoms in total. The summed E-state index contributed by atoms with van der Waals surface area (Å²) in [6.07, 6.45) is -4.07. The highest BCUT2D eigenvalue weighted by molar-refractivity contribution is 6.14. The van der Waals surface area contributed by atoms with Crippen molar-refractivity contribution in [3.05, 3.63) is 70.6 Å². The van der Waals surface area contributed by atoms with Crippen LogP contribution in [0.25, 0.3) is 0 Å². The Balaban J connectivity index is 1.36. The number of benzene rings is 2. The molecule has 4 amide bonds. The van der Waals surface area contributed by atoms with E-state index in [0.717, 1.165) is 30.5 Å². The van der Waals surface area contributed by atoms with Crippen LogP contribution in [-0.2, 0) is 17.5 Å². The standard InChI is InChI=1S/C26H22F3N5O7/c1-40-14-8-15-17(11-34(25(15)39)19-6-7-20(35)33-23(19)37)18(9-14)32-24(38)21-16(10-30-41-21)22(36)31-13-4-2-12(3-5-13)26(27,28)29/h2-5,8-10,19-20,35H,6-7,11H2,1H3,(H,31,36)(H,32,38)(H,33,37). The zero-order valence-electron chi connectivity index (χ0n) is 21.2. The van der Waals surface area contributed by atoms with Gasteiger partial charge in [-0.05, 0) is 43.2 Å². The van der Waals surface area contributed by atoms with Crippen molar-refractivity contribution in [2.24, 2.45) is 0 Å². The van der Waals surface area contributed by atoms with Crippen LogP contribution >= 0.6 is 0 Å². The molecule has 3 heterocycles. The van der Waals surface area contributed by atoms with Gasteiger partial charge in [0.1, 0.15) is 23.6 Å². The number of nitrogens with one attached hydrogen (secondary N) is 3. The fourth-order valence-corrected chi connectivity index (χ4v) is 4.65. The zero-order valence-corrected chi connectivity index (χ0v) is 21.2. The molecule has 2 aliphatic heterocycles. The van der Waals surface area contributed by atoms with Crippen molar-refractivity contribution in [2.45, 2.75) is 37.8 Å². The number of hydrogen-bond acceptors (Lipinski definition) is 8. The number of methoxy groups -OCH3 is 1. The third kappa shape index (κ3) is 5.43. The van der Waals surface area contributed by atoms with E-state index >= 15 is 0 Å². The number of piperidine rings is 1. The van der Waals surface area contributed by atoms with Crippen molar-refractivity contribution in [1.29, 1.82) is 0 Å². The van der Waals surface area contributed by atoms with Gasteiger partial charge < -0.3 is 35.2 Å². The number of rotatable bonds is 6. The molecule has 0 bridgehead atoms. The van der Waals surface area contributed by atoms with Crippen LogP contribution in [-0.4, -0.2) is 58.2 Å². The third-order valence-electron chi connectivity index (χ3n) is 6.72. The van der Waals surface area contributed by atoms with Crippen LogP contribution in [0.4, 0.5) is 24.5 Å². The summed E-state index contributed by atoms with van der Waals surface area (Å²) in [5, 5.41) is 20.6. The van der Waals surface area contributed by atoms with Gasteiger partial charge in [-0.2, -0.15) is 13.2 Å². The number of anilines is 2. The lowest BCUT2D eigenvalue weighted by Gasteiger charge is -2.32. The molecule has 1 aromatic heterocycles. The molecular weight excluding hydrogens is 551 g/mol. The molecule has 0 spiro atoms. The summed E-state index contributed by atoms with van der Waals surface area (Å²) < 4.78 is 48.7. The summed E-state index contributed by atoms with van der Waals surface area (Å²) >= 11 is 0. The quantitative estimate of drug-likeness (QED) is 0.350. The molecule has 2 unspecified atom stereocenters. The van der Waals surface area contributed by atoms with Gasteiger partial charge in [0.15, 0.2) is 0 Å². The number of carbonyl (C=O) groups is 4. The average Bonchev–Trinajstić information content (AvgIpc) is 3.54. The molecule has 3 aromatic rings. The van der Waals surface area contributed by atoms with Crippen molar-refractivity contribution in [1.82, 2.24) is 15.4 Å². The average molecular weight is 573 g/mol. The Kier molecular flexibility index (Phi) is 7.13. The Morgan fingerprint density at radius 1 is 1.12 bits per heavy atom. The van der Waals surface area contributed by atoms with Crippen LogP contribution < -0.4 is 20.7 Å². The van der Waals surface area contributed by atoms with Crippen LogP contribution in [0.3, 0.4) is 0 Å². The Bertz CT molecular complexity index is 1540. The predicted octanol–water partition coefficient (Wildman–Crippen LogP) is 2.76. The highest BCUT2D eigenvalue weighted by atomic mass is 19.4. The molecule has 41 heavy (non-hydrogen) atoms. The second-order valence-corrected chi connectivity index (χ2v) is 9.30. The third-order valence-corrected chi connectivity index (χ3v) is 6.72.